The molecule has 0 amide bonds. The predicted molar refractivity (Wildman–Crippen MR) is 113 cm³/mol. The molecule has 0 aromatic heterocycles. The highest BCUT2D eigenvalue weighted by atomic mass is 35.5. The quantitative estimate of drug-likeness (QED) is 0.680. The van der Waals surface area contributed by atoms with Crippen molar-refractivity contribution in [2.45, 2.75) is 51.0 Å². The van der Waals surface area contributed by atoms with Crippen LogP contribution in [0.5, 0.6) is 5.75 Å². The Kier molecular flexibility index (Phi) is 8.47. The Morgan fingerprint density at radius 2 is 1.77 bits per heavy atom. The maximum atomic E-state index is 5.26. The second kappa shape index (κ2) is 10.6. The largest absolute Gasteiger partial charge is 0.497 e. The average molecular weight is 374 g/mol. The van der Waals surface area contributed by atoms with Crippen LogP contribution in [0, 0.1) is 5.92 Å². The van der Waals surface area contributed by atoms with E-state index in [0.29, 0.717) is 12.0 Å². The standard InChI is InChI=1S/C23H31NO.ClH/c1-18(21-8-4-3-5-9-21)17-24-22-10-6-7-20(16-22)15-19-11-13-23(25-2)14-12-19;/h3-5,8-9,11-14,18,20,22,24H,6-7,10,15-17H2,1-2H3;1H/t18-,20+,22+;/m0./s1. The molecule has 2 aromatic carbocycles. The van der Waals surface area contributed by atoms with Crippen LogP contribution in [0.15, 0.2) is 54.6 Å². The van der Waals surface area contributed by atoms with Gasteiger partial charge in [-0.15, -0.1) is 12.4 Å². The van der Waals surface area contributed by atoms with Gasteiger partial charge in [-0.1, -0.05) is 62.2 Å². The topological polar surface area (TPSA) is 21.3 Å². The molecule has 1 saturated carbocycles. The van der Waals surface area contributed by atoms with Gasteiger partial charge < -0.3 is 10.1 Å². The third-order valence-corrected chi connectivity index (χ3v) is 5.55. The third kappa shape index (κ3) is 6.03. The van der Waals surface area contributed by atoms with E-state index >= 15 is 0 Å². The SMILES string of the molecule is COc1ccc(C[C@H]2CCC[C@@H](NC[C@H](C)c3ccccc3)C2)cc1.Cl. The summed E-state index contributed by atoms with van der Waals surface area (Å²) in [6, 6.07) is 20.1. The van der Waals surface area contributed by atoms with E-state index < -0.39 is 0 Å². The lowest BCUT2D eigenvalue weighted by Gasteiger charge is -2.31. The minimum Gasteiger partial charge on any atom is -0.497 e. The Bertz CT molecular complexity index is 628. The molecule has 0 saturated heterocycles. The molecule has 0 aliphatic heterocycles. The summed E-state index contributed by atoms with van der Waals surface area (Å²) in [6.45, 7) is 3.39. The number of nitrogens with one attached hydrogen (secondary N) is 1. The molecule has 0 unspecified atom stereocenters. The average Bonchev–Trinajstić information content (AvgIpc) is 2.68. The fourth-order valence-corrected chi connectivity index (χ4v) is 4.00. The molecule has 1 fully saturated rings. The highest BCUT2D eigenvalue weighted by Crippen LogP contribution is 2.28. The maximum Gasteiger partial charge on any atom is 0.118 e. The molecule has 0 heterocycles. The van der Waals surface area contributed by atoms with Crippen LogP contribution < -0.4 is 10.1 Å². The van der Waals surface area contributed by atoms with Crippen molar-refractivity contribution >= 4 is 12.4 Å². The molecule has 26 heavy (non-hydrogen) atoms. The number of hydrogen-bond acceptors (Lipinski definition) is 2. The van der Waals surface area contributed by atoms with Crippen molar-refractivity contribution in [3.63, 3.8) is 0 Å². The second-order valence-electron chi connectivity index (χ2n) is 7.50. The lowest BCUT2D eigenvalue weighted by Crippen LogP contribution is -2.36. The van der Waals surface area contributed by atoms with Gasteiger partial charge in [0.2, 0.25) is 0 Å². The number of halogens is 1. The zero-order valence-corrected chi connectivity index (χ0v) is 16.8. The van der Waals surface area contributed by atoms with E-state index in [1.807, 2.05) is 0 Å². The van der Waals surface area contributed by atoms with Gasteiger partial charge >= 0.3 is 0 Å². The van der Waals surface area contributed by atoms with Gasteiger partial charge in [0.1, 0.15) is 5.75 Å². The summed E-state index contributed by atoms with van der Waals surface area (Å²) in [4.78, 5) is 0. The highest BCUT2D eigenvalue weighted by molar-refractivity contribution is 5.85. The molecule has 3 rings (SSSR count). The van der Waals surface area contributed by atoms with Gasteiger partial charge in [0.05, 0.1) is 7.11 Å². The minimum atomic E-state index is 0. The van der Waals surface area contributed by atoms with Crippen LogP contribution >= 0.6 is 12.4 Å². The first-order valence-electron chi connectivity index (χ1n) is 9.66. The zero-order chi connectivity index (χ0) is 17.5. The summed E-state index contributed by atoms with van der Waals surface area (Å²) in [5.41, 5.74) is 2.87. The van der Waals surface area contributed by atoms with Crippen molar-refractivity contribution in [3.8, 4) is 5.75 Å². The Balaban J connectivity index is 0.00000243. The highest BCUT2D eigenvalue weighted by Gasteiger charge is 2.22. The molecule has 2 aromatic rings. The molecule has 1 aliphatic carbocycles. The first kappa shape index (κ1) is 20.8. The molecule has 142 valence electrons. The van der Waals surface area contributed by atoms with Crippen LogP contribution in [0.2, 0.25) is 0 Å². The van der Waals surface area contributed by atoms with Gasteiger partial charge in [-0.2, -0.15) is 0 Å². The smallest absolute Gasteiger partial charge is 0.118 e. The van der Waals surface area contributed by atoms with Gasteiger partial charge in [0.15, 0.2) is 0 Å². The van der Waals surface area contributed by atoms with Crippen LogP contribution in [0.4, 0.5) is 0 Å². The van der Waals surface area contributed by atoms with Crippen molar-refractivity contribution in [1.29, 1.82) is 0 Å². The number of benzene rings is 2. The van der Waals surface area contributed by atoms with E-state index in [2.05, 4.69) is 66.8 Å². The molecule has 0 radical (unpaired) electrons. The summed E-state index contributed by atoms with van der Waals surface area (Å²) in [5, 5.41) is 3.83. The van der Waals surface area contributed by atoms with Crippen molar-refractivity contribution in [1.82, 2.24) is 5.32 Å². The first-order valence-corrected chi connectivity index (χ1v) is 9.66. The van der Waals surface area contributed by atoms with E-state index in [4.69, 9.17) is 4.74 Å². The van der Waals surface area contributed by atoms with Crippen molar-refractivity contribution in [2.75, 3.05) is 13.7 Å². The zero-order valence-electron chi connectivity index (χ0n) is 16.0. The number of ether oxygens (including phenoxy) is 1. The molecule has 3 atom stereocenters. The van der Waals surface area contributed by atoms with Gasteiger partial charge in [-0.3, -0.25) is 0 Å². The predicted octanol–water partition coefficient (Wildman–Crippen LogP) is 5.61. The van der Waals surface area contributed by atoms with E-state index in [1.165, 1.54) is 43.2 Å². The lowest BCUT2D eigenvalue weighted by atomic mass is 9.82. The van der Waals surface area contributed by atoms with Crippen LogP contribution in [0.25, 0.3) is 0 Å². The summed E-state index contributed by atoms with van der Waals surface area (Å²) >= 11 is 0. The molecule has 2 nitrogen and oxygen atoms in total. The third-order valence-electron chi connectivity index (χ3n) is 5.55. The number of hydrogen-bond donors (Lipinski definition) is 1. The Hall–Kier alpha value is -1.51. The normalized spacial score (nSPS) is 20.8. The Labute approximate surface area is 164 Å². The maximum absolute atomic E-state index is 5.26. The van der Waals surface area contributed by atoms with Gasteiger partial charge in [0.25, 0.3) is 0 Å². The van der Waals surface area contributed by atoms with Crippen LogP contribution in [0.1, 0.15) is 49.7 Å². The molecule has 1 N–H and O–H groups in total. The minimum absolute atomic E-state index is 0. The molecular formula is C23H32ClNO. The van der Waals surface area contributed by atoms with Crippen LogP contribution in [-0.2, 0) is 6.42 Å². The fourth-order valence-electron chi connectivity index (χ4n) is 4.00. The Morgan fingerprint density at radius 1 is 1.04 bits per heavy atom. The second-order valence-corrected chi connectivity index (χ2v) is 7.50. The van der Waals surface area contributed by atoms with E-state index in [-0.39, 0.29) is 12.4 Å². The van der Waals surface area contributed by atoms with Crippen molar-refractivity contribution in [3.05, 3.63) is 65.7 Å². The molecule has 0 spiro atoms. The fraction of sp³-hybridized carbons (Fsp3) is 0.478. The first-order chi connectivity index (χ1) is 12.2. The van der Waals surface area contributed by atoms with Crippen LogP contribution in [-0.4, -0.2) is 19.7 Å². The summed E-state index contributed by atoms with van der Waals surface area (Å²) in [6.07, 6.45) is 6.52. The van der Waals surface area contributed by atoms with Gasteiger partial charge in [-0.05, 0) is 54.4 Å². The monoisotopic (exact) mass is 373 g/mol. The molecule has 3 heteroatoms. The Morgan fingerprint density at radius 3 is 2.46 bits per heavy atom. The van der Waals surface area contributed by atoms with Gasteiger partial charge in [-0.25, -0.2) is 0 Å². The van der Waals surface area contributed by atoms with E-state index in [1.54, 1.807) is 7.11 Å². The molecule has 0 bridgehead atoms. The lowest BCUT2D eigenvalue weighted by molar-refractivity contribution is 0.281. The molecule has 1 aliphatic rings. The molecular weight excluding hydrogens is 342 g/mol. The summed E-state index contributed by atoms with van der Waals surface area (Å²) < 4.78 is 5.26. The summed E-state index contributed by atoms with van der Waals surface area (Å²) in [7, 11) is 1.73. The number of methoxy groups -OCH3 is 1. The van der Waals surface area contributed by atoms with Crippen LogP contribution in [0.3, 0.4) is 0 Å². The summed E-state index contributed by atoms with van der Waals surface area (Å²) in [5.74, 6) is 2.32. The van der Waals surface area contributed by atoms with E-state index in [0.717, 1.165) is 18.2 Å². The van der Waals surface area contributed by atoms with Crippen molar-refractivity contribution < 1.29 is 4.74 Å². The number of rotatable bonds is 7. The van der Waals surface area contributed by atoms with Crippen molar-refractivity contribution in [2.24, 2.45) is 5.92 Å². The van der Waals surface area contributed by atoms with E-state index in [9.17, 15) is 0 Å². The van der Waals surface area contributed by atoms with Gasteiger partial charge in [0, 0.05) is 12.6 Å².